The lowest BCUT2D eigenvalue weighted by atomic mass is 9.77. The Labute approximate surface area is 270 Å². The molecule has 2 spiro atoms. The molecule has 2 atom stereocenters. The van der Waals surface area contributed by atoms with Gasteiger partial charge in [-0.3, -0.25) is 9.69 Å². The van der Waals surface area contributed by atoms with Crippen LogP contribution in [0, 0.1) is 5.41 Å². The minimum absolute atomic E-state index is 0.324. The average Bonchev–Trinajstić information content (AvgIpc) is 3.78. The number of amides is 1. The molecule has 1 aliphatic carbocycles. The number of nitrogens with one attached hydrogen (secondary N) is 1. The topological polar surface area (TPSA) is 57.8 Å². The van der Waals surface area contributed by atoms with Gasteiger partial charge < -0.3 is 34.6 Å². The normalized spacial score (nSPS) is 32.6. The van der Waals surface area contributed by atoms with Gasteiger partial charge in [-0.2, -0.15) is 0 Å². The van der Waals surface area contributed by atoms with Crippen molar-refractivity contribution in [1.29, 1.82) is 0 Å². The second kappa shape index (κ2) is 16.3. The first-order valence-electron chi connectivity index (χ1n) is 18.4. The highest BCUT2D eigenvalue weighted by Gasteiger charge is 2.37. The standard InChI is InChI=1S/C10H19N.C9H18N2O.C8H14N2O.C8H16N2/c1-11-8-6-10(7-9-11)4-2-3-5-10;1-11-5-2-9(3-6-11)8-12-7-4-10-9;1-9-4-5-10-7(6-9)2-3-8(10)11;1-9-5-6-10-4-2-3-8(10)7-9/h2-9H2,1H3;10H,2-8H2,1H3;7H,2-6H2,1H3;8H,2-7H2,1H3. The molecule has 7 aliphatic heterocycles. The van der Waals surface area contributed by atoms with Gasteiger partial charge in [0.15, 0.2) is 0 Å². The third-order valence-electron chi connectivity index (χ3n) is 12.3. The largest absolute Gasteiger partial charge is 0.378 e. The van der Waals surface area contributed by atoms with Crippen molar-refractivity contribution in [3.8, 4) is 0 Å². The van der Waals surface area contributed by atoms with E-state index in [1.54, 1.807) is 0 Å². The zero-order chi connectivity index (χ0) is 31.0. The van der Waals surface area contributed by atoms with Crippen molar-refractivity contribution in [3.63, 3.8) is 0 Å². The van der Waals surface area contributed by atoms with Gasteiger partial charge in [0.2, 0.25) is 5.91 Å². The van der Waals surface area contributed by atoms with E-state index < -0.39 is 0 Å². The van der Waals surface area contributed by atoms with Crippen LogP contribution in [0.3, 0.4) is 0 Å². The van der Waals surface area contributed by atoms with E-state index in [1.807, 2.05) is 4.90 Å². The zero-order valence-corrected chi connectivity index (χ0v) is 29.0. The summed E-state index contributed by atoms with van der Waals surface area (Å²) in [5.74, 6) is 0.364. The van der Waals surface area contributed by atoms with Crippen LogP contribution in [0.5, 0.6) is 0 Å². The molecule has 254 valence electrons. The van der Waals surface area contributed by atoms with Crippen LogP contribution in [0.2, 0.25) is 0 Å². The second-order valence-corrected chi connectivity index (χ2v) is 15.7. The summed E-state index contributed by atoms with van der Waals surface area (Å²) in [7, 11) is 8.80. The molecule has 1 amide bonds. The molecular weight excluding hydrogens is 550 g/mol. The SMILES string of the molecule is CN1CCC2(CC1)COCCN2.CN1CCC2(CCCC2)CC1.CN1CCN2C(=O)CCC2C1.CN1CCN2CCCC2C1. The maximum Gasteiger partial charge on any atom is 0.222 e. The van der Waals surface area contributed by atoms with Gasteiger partial charge in [0.05, 0.1) is 13.2 Å². The number of nitrogens with zero attached hydrogens (tertiary/aromatic N) is 6. The van der Waals surface area contributed by atoms with E-state index in [2.05, 4.69) is 58.0 Å². The quantitative estimate of drug-likeness (QED) is 0.446. The molecule has 7 saturated heterocycles. The Bertz CT molecular complexity index is 857. The number of fused-ring (bicyclic) bond motifs is 2. The van der Waals surface area contributed by atoms with E-state index in [4.69, 9.17) is 4.74 Å². The van der Waals surface area contributed by atoms with Crippen LogP contribution in [0.25, 0.3) is 0 Å². The van der Waals surface area contributed by atoms with E-state index in [-0.39, 0.29) is 0 Å². The van der Waals surface area contributed by atoms with Gasteiger partial charge in [0.25, 0.3) is 0 Å². The molecule has 0 aromatic rings. The number of ether oxygens (including phenoxy) is 1. The minimum Gasteiger partial charge on any atom is -0.378 e. The maximum absolute atomic E-state index is 11.2. The molecule has 0 aromatic carbocycles. The van der Waals surface area contributed by atoms with Crippen LogP contribution >= 0.6 is 0 Å². The van der Waals surface area contributed by atoms with Crippen LogP contribution in [-0.4, -0.2) is 173 Å². The highest BCUT2D eigenvalue weighted by Crippen LogP contribution is 2.45. The Morgan fingerprint density at radius 3 is 1.95 bits per heavy atom. The van der Waals surface area contributed by atoms with E-state index >= 15 is 0 Å². The van der Waals surface area contributed by atoms with Crippen LogP contribution in [0.1, 0.15) is 77.0 Å². The molecule has 9 heteroatoms. The van der Waals surface area contributed by atoms with Crippen LogP contribution in [-0.2, 0) is 9.53 Å². The van der Waals surface area contributed by atoms with Crippen molar-refractivity contribution in [2.75, 3.05) is 120 Å². The van der Waals surface area contributed by atoms with Gasteiger partial charge >= 0.3 is 0 Å². The summed E-state index contributed by atoms with van der Waals surface area (Å²) in [4.78, 5) is 25.5. The molecule has 1 N–H and O–H groups in total. The molecule has 44 heavy (non-hydrogen) atoms. The minimum atomic E-state index is 0.324. The van der Waals surface area contributed by atoms with E-state index in [9.17, 15) is 4.79 Å². The monoisotopic (exact) mass is 618 g/mol. The number of hydrogen-bond acceptors (Lipinski definition) is 8. The lowest BCUT2D eigenvalue weighted by molar-refractivity contribution is -0.130. The molecular formula is C35H67N7O2. The maximum atomic E-state index is 11.2. The van der Waals surface area contributed by atoms with Gasteiger partial charge in [0, 0.05) is 69.9 Å². The van der Waals surface area contributed by atoms with Gasteiger partial charge in [-0.05, 0) is 124 Å². The molecule has 7 heterocycles. The van der Waals surface area contributed by atoms with Crippen molar-refractivity contribution in [2.45, 2.75) is 94.7 Å². The number of piperazine rings is 2. The summed E-state index contributed by atoms with van der Waals surface area (Å²) < 4.78 is 5.52. The number of piperidine rings is 2. The summed E-state index contributed by atoms with van der Waals surface area (Å²) in [6.45, 7) is 16.2. The van der Waals surface area contributed by atoms with Crippen molar-refractivity contribution in [3.05, 3.63) is 0 Å². The highest BCUT2D eigenvalue weighted by molar-refractivity contribution is 5.78. The molecule has 8 rings (SSSR count). The Morgan fingerprint density at radius 1 is 0.659 bits per heavy atom. The first-order chi connectivity index (χ1) is 21.2. The fourth-order valence-corrected chi connectivity index (χ4v) is 8.96. The number of carbonyl (C=O) groups is 1. The highest BCUT2D eigenvalue weighted by atomic mass is 16.5. The lowest BCUT2D eigenvalue weighted by Gasteiger charge is -2.43. The number of rotatable bonds is 0. The summed E-state index contributed by atoms with van der Waals surface area (Å²) in [5, 5.41) is 3.60. The van der Waals surface area contributed by atoms with Crippen molar-refractivity contribution >= 4 is 5.91 Å². The molecule has 8 aliphatic rings. The smallest absolute Gasteiger partial charge is 0.222 e. The Kier molecular flexibility index (Phi) is 12.8. The number of likely N-dealkylation sites (tertiary alicyclic amines) is 2. The first-order valence-corrected chi connectivity index (χ1v) is 18.4. The second-order valence-electron chi connectivity index (χ2n) is 15.7. The van der Waals surface area contributed by atoms with Gasteiger partial charge in [-0.25, -0.2) is 0 Å². The first kappa shape index (κ1) is 34.5. The number of morpholine rings is 1. The van der Waals surface area contributed by atoms with E-state index in [0.717, 1.165) is 63.7 Å². The molecule has 0 bridgehead atoms. The lowest BCUT2D eigenvalue weighted by Crippen LogP contribution is -2.59. The molecule has 1 saturated carbocycles. The van der Waals surface area contributed by atoms with Gasteiger partial charge in [-0.15, -0.1) is 0 Å². The summed E-state index contributed by atoms with van der Waals surface area (Å²) in [6.07, 6.45) is 16.2. The van der Waals surface area contributed by atoms with Crippen LogP contribution in [0.4, 0.5) is 0 Å². The summed E-state index contributed by atoms with van der Waals surface area (Å²) >= 11 is 0. The average molecular weight is 618 g/mol. The number of likely N-dealkylation sites (N-methyl/N-ethyl adjacent to an activating group) is 2. The van der Waals surface area contributed by atoms with Crippen LogP contribution in [0.15, 0.2) is 0 Å². The van der Waals surface area contributed by atoms with Crippen LogP contribution < -0.4 is 5.32 Å². The summed E-state index contributed by atoms with van der Waals surface area (Å²) in [6, 6.07) is 1.43. The number of hydrogen-bond donors (Lipinski definition) is 1. The van der Waals surface area contributed by atoms with Crippen molar-refractivity contribution in [1.82, 2.24) is 34.7 Å². The third kappa shape index (κ3) is 9.61. The molecule has 0 aromatic heterocycles. The predicted octanol–water partition coefficient (Wildman–Crippen LogP) is 2.66. The van der Waals surface area contributed by atoms with Gasteiger partial charge in [0.1, 0.15) is 0 Å². The van der Waals surface area contributed by atoms with E-state index in [1.165, 1.54) is 117 Å². The summed E-state index contributed by atoms with van der Waals surface area (Å²) in [5.41, 5.74) is 1.14. The molecule has 8 fully saturated rings. The molecule has 2 unspecified atom stereocenters. The Hall–Kier alpha value is -0.810. The number of carbonyl (C=O) groups excluding carboxylic acids is 1. The van der Waals surface area contributed by atoms with Gasteiger partial charge in [-0.1, -0.05) is 12.8 Å². The fraction of sp³-hybridized carbons (Fsp3) is 0.971. The Balaban J connectivity index is 0.000000117. The molecule has 0 radical (unpaired) electrons. The van der Waals surface area contributed by atoms with Crippen molar-refractivity contribution in [2.24, 2.45) is 5.41 Å². The molecule has 9 nitrogen and oxygen atoms in total. The third-order valence-corrected chi connectivity index (χ3v) is 12.3. The predicted molar refractivity (Wildman–Crippen MR) is 180 cm³/mol. The zero-order valence-electron chi connectivity index (χ0n) is 29.0. The Morgan fingerprint density at radius 2 is 1.30 bits per heavy atom. The van der Waals surface area contributed by atoms with E-state index in [0.29, 0.717) is 17.5 Å². The van der Waals surface area contributed by atoms with Crippen molar-refractivity contribution < 1.29 is 9.53 Å². The fourth-order valence-electron chi connectivity index (χ4n) is 8.96.